The molecule has 0 aliphatic carbocycles. The zero-order chi connectivity index (χ0) is 51.4. The summed E-state index contributed by atoms with van der Waals surface area (Å²) in [5.41, 5.74) is 9.58. The average molecular weight is 984 g/mol. The number of sulfonamides is 1. The summed E-state index contributed by atoms with van der Waals surface area (Å²) in [5, 5.41) is 17.8. The van der Waals surface area contributed by atoms with E-state index < -0.39 is 63.2 Å². The topological polar surface area (TPSA) is 192 Å². The maximum Gasteiger partial charge on any atom is 0.324 e. The van der Waals surface area contributed by atoms with Crippen LogP contribution < -0.4 is 10.7 Å². The van der Waals surface area contributed by atoms with Gasteiger partial charge in [-0.15, -0.1) is 0 Å². The fraction of sp³-hybridized carbons (Fsp3) is 0.528. The Balaban J connectivity index is 1.45. The highest BCUT2D eigenvalue weighted by atomic mass is 32.2. The van der Waals surface area contributed by atoms with Gasteiger partial charge >= 0.3 is 5.97 Å². The van der Waals surface area contributed by atoms with Gasteiger partial charge in [-0.25, -0.2) is 13.8 Å². The Morgan fingerprint density at radius 1 is 1.10 bits per heavy atom. The second-order valence-corrected chi connectivity index (χ2v) is 22.0. The number of fused-ring (bicyclic) bond motifs is 6. The molecular formula is C53H73N7O9S. The molecule has 0 saturated carbocycles. The van der Waals surface area contributed by atoms with Crippen molar-refractivity contribution in [2.24, 2.45) is 22.2 Å². The Hall–Kier alpha value is -5.62. The lowest BCUT2D eigenvalue weighted by Crippen LogP contribution is -2.62. The minimum Gasteiger partial charge on any atom is -0.508 e. The Morgan fingerprint density at radius 2 is 1.83 bits per heavy atom. The third-order valence-electron chi connectivity index (χ3n) is 13.5. The van der Waals surface area contributed by atoms with Crippen molar-refractivity contribution in [1.82, 2.24) is 29.5 Å². The van der Waals surface area contributed by atoms with Crippen molar-refractivity contribution in [3.63, 3.8) is 0 Å². The number of aryl methyl sites for hydroxylation is 1. The number of hydrogen-bond acceptors (Lipinski definition) is 11. The quantitative estimate of drug-likeness (QED) is 0.0937. The van der Waals surface area contributed by atoms with Gasteiger partial charge < -0.3 is 29.4 Å². The van der Waals surface area contributed by atoms with Crippen molar-refractivity contribution in [2.45, 2.75) is 125 Å². The molecule has 6 rings (SSSR count). The van der Waals surface area contributed by atoms with Crippen molar-refractivity contribution < 1.29 is 42.2 Å². The van der Waals surface area contributed by atoms with E-state index in [1.54, 1.807) is 53.2 Å². The number of nitrogens with one attached hydrogen (secondary N) is 2. The molecule has 0 spiro atoms. The van der Waals surface area contributed by atoms with Gasteiger partial charge in [0.25, 0.3) is 5.91 Å². The Kier molecular flexibility index (Phi) is 17.0. The van der Waals surface area contributed by atoms with E-state index in [0.717, 1.165) is 33.3 Å². The number of hydrogen-bond donors (Lipinski definition) is 3. The maximum atomic E-state index is 14.8. The number of allylic oxidation sites excluding steroid dienone is 3. The van der Waals surface area contributed by atoms with Gasteiger partial charge in [0.1, 0.15) is 23.9 Å². The normalized spacial score (nSPS) is 21.5. The summed E-state index contributed by atoms with van der Waals surface area (Å²) >= 11 is 0. The molecule has 1 aromatic heterocycles. The van der Waals surface area contributed by atoms with Crippen LogP contribution in [0.15, 0.2) is 70.7 Å². The van der Waals surface area contributed by atoms with Crippen LogP contribution in [0.5, 0.6) is 5.75 Å². The van der Waals surface area contributed by atoms with E-state index in [2.05, 4.69) is 54.8 Å². The van der Waals surface area contributed by atoms with Gasteiger partial charge in [0, 0.05) is 80.3 Å². The lowest BCUT2D eigenvalue weighted by Gasteiger charge is -2.37. The number of methoxy groups -OCH3 is 1. The van der Waals surface area contributed by atoms with Gasteiger partial charge in [-0.2, -0.15) is 4.31 Å². The van der Waals surface area contributed by atoms with Crippen molar-refractivity contribution in [1.29, 1.82) is 0 Å². The number of aromatic hydroxyl groups is 1. The molecule has 380 valence electrons. The predicted molar refractivity (Wildman–Crippen MR) is 274 cm³/mol. The maximum absolute atomic E-state index is 14.8. The number of carbonyl (C=O) groups is 4. The molecule has 2 saturated heterocycles. The zero-order valence-corrected chi connectivity index (χ0v) is 43.6. The first-order valence-electron chi connectivity index (χ1n) is 24.4. The predicted octanol–water partition coefficient (Wildman–Crippen LogP) is 6.76. The number of ether oxygens (including phenoxy) is 2. The fourth-order valence-electron chi connectivity index (χ4n) is 10.1. The SMILES string of the molecule is C=C/C(=C(\N=C/C)[C@H](C)OC)c1c2c3cc(ccc3n1CC)-c1cc(O)cc(c1)C[C@H](NC(=O)[C@H](C(C)C)N(C)C(=O)[C@H]1CCN(S(=O)(=O)C=C(C)C)C1)C(=O)N1CCC[C@H](N1)C(=O)OCC(C)(C)C2. The van der Waals surface area contributed by atoms with Crippen molar-refractivity contribution in [3.05, 3.63) is 82.6 Å². The molecule has 6 bridgehead atoms. The van der Waals surface area contributed by atoms with E-state index in [4.69, 9.17) is 14.5 Å². The second-order valence-electron chi connectivity index (χ2n) is 20.2. The number of aliphatic imine (C=N–C) groups is 1. The van der Waals surface area contributed by atoms with Crippen LogP contribution in [0.1, 0.15) is 98.4 Å². The molecule has 3 aliphatic heterocycles. The number of phenols is 1. The number of esters is 1. The summed E-state index contributed by atoms with van der Waals surface area (Å²) in [6, 6.07) is 8.19. The molecule has 2 fully saturated rings. The van der Waals surface area contributed by atoms with Crippen LogP contribution in [0.25, 0.3) is 27.6 Å². The van der Waals surface area contributed by atoms with Crippen LogP contribution in [-0.4, -0.2) is 127 Å². The van der Waals surface area contributed by atoms with Crippen LogP contribution in [0.2, 0.25) is 0 Å². The minimum atomic E-state index is -3.72. The molecule has 3 N–H and O–H groups in total. The van der Waals surface area contributed by atoms with E-state index in [9.17, 15) is 32.7 Å². The standard InChI is InChI=1S/C53H73N7O9S/c1-13-40(46(54-14-2)34(8)68-12)48-42-28-53(9,10)31-69-52(65)43-17-16-21-60(56-43)51(64)44(25-35-23-38(26-39(61)24-35)36-18-19-45(41(42)27-36)59(48)15-3)55-49(62)47(33(6)7)57(11)50(63)37-20-22-58(29-37)70(66,67)30-32(4)5/h13-14,18-19,23-24,26-27,30,33-34,37,43-44,47,56,61H,1,15-17,20-22,25,28-29,31H2,2-12H3,(H,55,62)/b46-40+,54-14-/t34-,37-,43-,44-,47-/m0/s1. The van der Waals surface area contributed by atoms with Crippen molar-refractivity contribution in [2.75, 3.05) is 40.4 Å². The number of phenolic OH excluding ortho intramolecular Hbond substituents is 1. The lowest BCUT2D eigenvalue weighted by molar-refractivity contribution is -0.155. The third kappa shape index (κ3) is 11.8. The monoisotopic (exact) mass is 984 g/mol. The Morgan fingerprint density at radius 3 is 2.47 bits per heavy atom. The van der Waals surface area contributed by atoms with Gasteiger partial charge in [0.05, 0.1) is 30.0 Å². The molecule has 4 heterocycles. The molecule has 70 heavy (non-hydrogen) atoms. The highest BCUT2D eigenvalue weighted by Gasteiger charge is 2.41. The summed E-state index contributed by atoms with van der Waals surface area (Å²) in [4.78, 5) is 63.6. The molecule has 16 nitrogen and oxygen atoms in total. The molecule has 0 unspecified atom stereocenters. The number of hydrazine groups is 1. The number of likely N-dealkylation sites (N-methyl/N-ethyl adjacent to an activating group) is 1. The van der Waals surface area contributed by atoms with Gasteiger partial charge in [0.2, 0.25) is 21.8 Å². The molecule has 3 aliphatic rings. The number of aromatic nitrogens is 1. The first-order valence-corrected chi connectivity index (χ1v) is 25.9. The minimum absolute atomic E-state index is 0.0141. The van der Waals surface area contributed by atoms with Crippen LogP contribution in [0.3, 0.4) is 0 Å². The zero-order valence-electron chi connectivity index (χ0n) is 42.8. The van der Waals surface area contributed by atoms with Gasteiger partial charge in [-0.05, 0) is 113 Å². The van der Waals surface area contributed by atoms with E-state index in [-0.39, 0.29) is 50.4 Å². The summed E-state index contributed by atoms with van der Waals surface area (Å²) in [5.74, 6) is -3.10. The third-order valence-corrected chi connectivity index (χ3v) is 15.3. The number of amides is 3. The average Bonchev–Trinajstić information content (AvgIpc) is 3.93. The van der Waals surface area contributed by atoms with Crippen LogP contribution in [0, 0.1) is 17.3 Å². The Bertz CT molecular complexity index is 2700. The molecule has 2 aromatic carbocycles. The number of cyclic esters (lactones) is 1. The number of carbonyl (C=O) groups excluding carboxylic acids is 4. The highest BCUT2D eigenvalue weighted by Crippen LogP contribution is 2.41. The largest absolute Gasteiger partial charge is 0.508 e. The highest BCUT2D eigenvalue weighted by molar-refractivity contribution is 7.92. The van der Waals surface area contributed by atoms with Crippen LogP contribution in [-0.2, 0) is 58.1 Å². The molecular weight excluding hydrogens is 911 g/mol. The van der Waals surface area contributed by atoms with Crippen molar-refractivity contribution in [3.8, 4) is 16.9 Å². The first kappa shape index (κ1) is 53.7. The van der Waals surface area contributed by atoms with Gasteiger partial charge in [-0.3, -0.25) is 29.2 Å². The molecule has 3 amide bonds. The van der Waals surface area contributed by atoms with Crippen molar-refractivity contribution >= 4 is 56.4 Å². The van der Waals surface area contributed by atoms with Gasteiger partial charge in [-0.1, -0.05) is 58.1 Å². The van der Waals surface area contributed by atoms with E-state index in [1.165, 1.54) is 26.7 Å². The molecule has 3 aromatic rings. The van der Waals surface area contributed by atoms with Gasteiger partial charge in [0.15, 0.2) is 0 Å². The van der Waals surface area contributed by atoms with E-state index in [1.807, 2.05) is 32.1 Å². The van der Waals surface area contributed by atoms with Crippen LogP contribution >= 0.6 is 0 Å². The summed E-state index contributed by atoms with van der Waals surface area (Å²) in [6.45, 7) is 22.3. The first-order chi connectivity index (χ1) is 33.0. The second kappa shape index (κ2) is 22.2. The molecule has 5 atom stereocenters. The van der Waals surface area contributed by atoms with Crippen LogP contribution in [0.4, 0.5) is 0 Å². The number of benzene rings is 2. The Labute approximate surface area is 413 Å². The molecule has 0 radical (unpaired) electrons. The fourth-order valence-corrected chi connectivity index (χ4v) is 11.6. The smallest absolute Gasteiger partial charge is 0.324 e. The number of rotatable bonds is 13. The summed E-state index contributed by atoms with van der Waals surface area (Å²) in [6.07, 6.45) is 4.83. The summed E-state index contributed by atoms with van der Waals surface area (Å²) in [7, 11) is -0.547. The number of nitrogens with zero attached hydrogens (tertiary/aromatic N) is 5. The van der Waals surface area contributed by atoms with E-state index in [0.29, 0.717) is 54.6 Å². The summed E-state index contributed by atoms with van der Waals surface area (Å²) < 4.78 is 41.4. The lowest BCUT2D eigenvalue weighted by atomic mass is 9.84. The molecule has 17 heteroatoms. The van der Waals surface area contributed by atoms with E-state index >= 15 is 0 Å².